The van der Waals surface area contributed by atoms with Crippen LogP contribution >= 0.6 is 0 Å². The molecule has 0 radical (unpaired) electrons. The molecule has 0 atom stereocenters. The zero-order valence-corrected chi connectivity index (χ0v) is 30.6. The Bertz CT molecular complexity index is 2930. The van der Waals surface area contributed by atoms with Crippen LogP contribution in [0.1, 0.15) is 41.5 Å². The van der Waals surface area contributed by atoms with Gasteiger partial charge in [-0.2, -0.15) is 0 Å². The van der Waals surface area contributed by atoms with Crippen molar-refractivity contribution >= 4 is 87.5 Å². The lowest BCUT2D eigenvalue weighted by atomic mass is 10.1. The molecule has 7 aromatic carbocycles. The van der Waals surface area contributed by atoms with E-state index in [-0.39, 0.29) is 0 Å². The van der Waals surface area contributed by atoms with Gasteiger partial charge in [0.15, 0.2) is 16.7 Å². The molecular weight excluding hydrogens is 637 g/mol. The van der Waals surface area contributed by atoms with Crippen molar-refractivity contribution in [2.24, 2.45) is 0 Å². The van der Waals surface area contributed by atoms with Gasteiger partial charge in [0, 0.05) is 48.8 Å². The summed E-state index contributed by atoms with van der Waals surface area (Å²) in [6.45, 7) is 12.0. The highest BCUT2D eigenvalue weighted by molar-refractivity contribution is 6.20. The largest absolute Gasteiger partial charge is 0.452 e. The van der Waals surface area contributed by atoms with E-state index in [4.69, 9.17) is 8.83 Å². The summed E-state index contributed by atoms with van der Waals surface area (Å²) < 4.78 is 18.1. The van der Waals surface area contributed by atoms with E-state index in [9.17, 15) is 0 Å². The molecule has 11 rings (SSSR count). The van der Waals surface area contributed by atoms with Crippen molar-refractivity contribution < 1.29 is 8.83 Å². The number of rotatable bonds is 2. The van der Waals surface area contributed by atoms with Gasteiger partial charge < -0.3 is 18.0 Å². The Balaban J connectivity index is 0.000000616. The van der Waals surface area contributed by atoms with Crippen molar-refractivity contribution in [2.45, 2.75) is 41.5 Å². The maximum Gasteiger partial charge on any atom is 0.178 e. The topological polar surface area (TPSA) is 36.1 Å². The standard InChI is InChI=1S/C42H24N2O2.3C2H6/c1-5-15-34-26(10-1)27-11-2-6-16-35(27)43(34)25-20-23-39-33(24-25)32-22-21-31-30-14-9-19-38(40(30)46-42(31)41(32)45-39)44-36-17-7-3-12-28(36)29-13-4-8-18-37(29)44;3*1-2/h1-24H;3*1-2H3. The van der Waals surface area contributed by atoms with E-state index in [2.05, 4.69) is 155 Å². The summed E-state index contributed by atoms with van der Waals surface area (Å²) in [4.78, 5) is 0. The molecule has 0 amide bonds. The van der Waals surface area contributed by atoms with E-state index in [0.29, 0.717) is 0 Å². The first kappa shape index (κ1) is 32.9. The maximum absolute atomic E-state index is 6.85. The molecule has 0 fully saturated rings. The van der Waals surface area contributed by atoms with E-state index in [0.717, 1.165) is 66.3 Å². The average molecular weight is 679 g/mol. The van der Waals surface area contributed by atoms with Gasteiger partial charge in [0.05, 0.1) is 27.8 Å². The van der Waals surface area contributed by atoms with E-state index in [1.54, 1.807) is 0 Å². The van der Waals surface area contributed by atoms with E-state index < -0.39 is 0 Å². The van der Waals surface area contributed by atoms with Gasteiger partial charge in [-0.05, 0) is 60.7 Å². The fourth-order valence-electron chi connectivity index (χ4n) is 7.76. The summed E-state index contributed by atoms with van der Waals surface area (Å²) >= 11 is 0. The summed E-state index contributed by atoms with van der Waals surface area (Å²) in [5, 5.41) is 9.18. The normalized spacial score (nSPS) is 11.3. The third-order valence-electron chi connectivity index (χ3n) is 9.73. The summed E-state index contributed by atoms with van der Waals surface area (Å²) in [5.74, 6) is 0. The molecule has 0 saturated carbocycles. The molecule has 0 bridgehead atoms. The summed E-state index contributed by atoms with van der Waals surface area (Å²) in [5.41, 5.74) is 10.0. The van der Waals surface area contributed by atoms with E-state index in [1.807, 2.05) is 41.5 Å². The van der Waals surface area contributed by atoms with Gasteiger partial charge in [0.1, 0.15) is 5.58 Å². The van der Waals surface area contributed by atoms with E-state index in [1.165, 1.54) is 32.6 Å². The molecule has 0 saturated heterocycles. The number of para-hydroxylation sites is 5. The van der Waals surface area contributed by atoms with Crippen molar-refractivity contribution in [2.75, 3.05) is 0 Å². The van der Waals surface area contributed by atoms with Gasteiger partial charge in [0.25, 0.3) is 0 Å². The molecule has 4 nitrogen and oxygen atoms in total. The molecule has 0 aliphatic carbocycles. The summed E-state index contributed by atoms with van der Waals surface area (Å²) in [6.07, 6.45) is 0. The van der Waals surface area contributed by atoms with Crippen LogP contribution in [0.3, 0.4) is 0 Å². The zero-order chi connectivity index (χ0) is 35.9. The van der Waals surface area contributed by atoms with Crippen LogP contribution in [0.5, 0.6) is 0 Å². The number of benzene rings is 7. The van der Waals surface area contributed by atoms with Crippen LogP contribution in [0.25, 0.3) is 98.9 Å². The SMILES string of the molecule is CC.CC.CC.c1cc(-n2c3ccccc3c3ccccc32)c2oc3c(ccc4c5cc(-n6c7ccccc7c7ccccc76)ccc5oc43)c2c1. The fraction of sp³-hybridized carbons (Fsp3) is 0.125. The van der Waals surface area contributed by atoms with Gasteiger partial charge in [-0.1, -0.05) is 126 Å². The summed E-state index contributed by atoms with van der Waals surface area (Å²) in [7, 11) is 0. The molecule has 256 valence electrons. The van der Waals surface area contributed by atoms with Gasteiger partial charge in [0.2, 0.25) is 0 Å². The van der Waals surface area contributed by atoms with Crippen molar-refractivity contribution in [3.63, 3.8) is 0 Å². The number of fused-ring (bicyclic) bond motifs is 13. The average Bonchev–Trinajstić information content (AvgIpc) is 3.98. The van der Waals surface area contributed by atoms with Gasteiger partial charge in [-0.3, -0.25) is 0 Å². The van der Waals surface area contributed by atoms with Crippen LogP contribution in [-0.4, -0.2) is 9.13 Å². The van der Waals surface area contributed by atoms with Crippen molar-refractivity contribution in [1.82, 2.24) is 9.13 Å². The van der Waals surface area contributed by atoms with Crippen LogP contribution in [0.4, 0.5) is 0 Å². The number of hydrogen-bond donors (Lipinski definition) is 0. The van der Waals surface area contributed by atoms with Crippen LogP contribution < -0.4 is 0 Å². The van der Waals surface area contributed by atoms with E-state index >= 15 is 0 Å². The highest BCUT2D eigenvalue weighted by Crippen LogP contribution is 2.43. The Morgan fingerprint density at radius 3 is 1.29 bits per heavy atom. The van der Waals surface area contributed by atoms with Crippen LogP contribution in [0.15, 0.2) is 154 Å². The highest BCUT2D eigenvalue weighted by Gasteiger charge is 2.21. The molecule has 4 aromatic heterocycles. The number of furan rings is 2. The van der Waals surface area contributed by atoms with Gasteiger partial charge in [-0.15, -0.1) is 0 Å². The molecule has 0 aliphatic rings. The monoisotopic (exact) mass is 678 g/mol. The second kappa shape index (κ2) is 13.5. The third kappa shape index (κ3) is 4.75. The molecule has 52 heavy (non-hydrogen) atoms. The smallest absolute Gasteiger partial charge is 0.178 e. The molecule has 11 aromatic rings. The van der Waals surface area contributed by atoms with Gasteiger partial charge >= 0.3 is 0 Å². The molecule has 4 heterocycles. The second-order valence-corrected chi connectivity index (χ2v) is 12.1. The molecule has 0 N–H and O–H groups in total. The number of nitrogens with zero attached hydrogens (tertiary/aromatic N) is 2. The molecule has 0 aliphatic heterocycles. The van der Waals surface area contributed by atoms with Gasteiger partial charge in [-0.25, -0.2) is 0 Å². The molecule has 4 heteroatoms. The molecule has 0 spiro atoms. The summed E-state index contributed by atoms with van der Waals surface area (Å²) in [6, 6.07) is 51.6. The minimum atomic E-state index is 0.773. The third-order valence-corrected chi connectivity index (χ3v) is 9.73. The first-order chi connectivity index (χ1) is 25.8. The van der Waals surface area contributed by atoms with Crippen molar-refractivity contribution in [3.8, 4) is 11.4 Å². The predicted octanol–water partition coefficient (Wildman–Crippen LogP) is 14.8. The lowest BCUT2D eigenvalue weighted by molar-refractivity contribution is 0.632. The maximum atomic E-state index is 6.85. The molecular formula is C48H42N2O2. The van der Waals surface area contributed by atoms with Crippen molar-refractivity contribution in [3.05, 3.63) is 146 Å². The number of hydrogen-bond acceptors (Lipinski definition) is 2. The number of aromatic nitrogens is 2. The highest BCUT2D eigenvalue weighted by atomic mass is 16.4. The predicted molar refractivity (Wildman–Crippen MR) is 224 cm³/mol. The van der Waals surface area contributed by atoms with Crippen LogP contribution in [0, 0.1) is 0 Å². The Kier molecular flexibility index (Phi) is 8.52. The quantitative estimate of drug-likeness (QED) is 0.182. The zero-order valence-electron chi connectivity index (χ0n) is 30.6. The second-order valence-electron chi connectivity index (χ2n) is 12.1. The minimum absolute atomic E-state index is 0.773. The Morgan fingerprint density at radius 1 is 0.327 bits per heavy atom. The fourth-order valence-corrected chi connectivity index (χ4v) is 7.76. The van der Waals surface area contributed by atoms with Crippen molar-refractivity contribution in [1.29, 1.82) is 0 Å². The minimum Gasteiger partial charge on any atom is -0.452 e. The lowest BCUT2D eigenvalue weighted by Gasteiger charge is -2.08. The van der Waals surface area contributed by atoms with Crippen LogP contribution in [-0.2, 0) is 0 Å². The molecule has 0 unspecified atom stereocenters. The Hall–Kier alpha value is -6.26. The lowest BCUT2D eigenvalue weighted by Crippen LogP contribution is -1.93. The van der Waals surface area contributed by atoms with Crippen LogP contribution in [0.2, 0.25) is 0 Å². The Labute approximate surface area is 303 Å². The first-order valence-corrected chi connectivity index (χ1v) is 18.6. The first-order valence-electron chi connectivity index (χ1n) is 18.6. The Morgan fingerprint density at radius 2 is 0.750 bits per heavy atom.